The van der Waals surface area contributed by atoms with Crippen LogP contribution in [0.3, 0.4) is 0 Å². The summed E-state index contributed by atoms with van der Waals surface area (Å²) in [7, 11) is 1.52. The van der Waals surface area contributed by atoms with Crippen molar-refractivity contribution < 1.29 is 32.2 Å². The molecule has 0 fully saturated rings. The zero-order valence-corrected chi connectivity index (χ0v) is 16.1. The molecule has 0 aliphatic carbocycles. The van der Waals surface area contributed by atoms with Crippen LogP contribution in [0.15, 0.2) is 36.4 Å². The van der Waals surface area contributed by atoms with Crippen molar-refractivity contribution in [3.05, 3.63) is 53.2 Å². The van der Waals surface area contributed by atoms with Gasteiger partial charge in [0.1, 0.15) is 17.2 Å². The fourth-order valence-corrected chi connectivity index (χ4v) is 3.08. The van der Waals surface area contributed by atoms with E-state index in [9.17, 15) is 18.0 Å². The van der Waals surface area contributed by atoms with Crippen molar-refractivity contribution in [2.24, 2.45) is 0 Å². The van der Waals surface area contributed by atoms with E-state index in [2.05, 4.69) is 9.72 Å². The van der Waals surface area contributed by atoms with Gasteiger partial charge >= 0.3 is 6.36 Å². The van der Waals surface area contributed by atoms with Gasteiger partial charge in [0.2, 0.25) is 0 Å². The number of H-pyrrole nitrogens is 1. The van der Waals surface area contributed by atoms with Crippen LogP contribution in [-0.4, -0.2) is 30.8 Å². The van der Waals surface area contributed by atoms with Gasteiger partial charge in [-0.3, -0.25) is 4.79 Å². The van der Waals surface area contributed by atoms with Crippen molar-refractivity contribution in [2.45, 2.75) is 26.6 Å². The molecule has 1 N–H and O–H groups in total. The molecule has 0 saturated heterocycles. The van der Waals surface area contributed by atoms with E-state index in [4.69, 9.17) is 9.47 Å². The number of carbonyl (C=O) groups excluding carboxylic acids is 1. The molecule has 0 atom stereocenters. The normalized spacial score (nSPS) is 11.5. The number of alkyl halides is 3. The molecule has 0 aliphatic rings. The molecule has 0 aliphatic heterocycles. The Balaban J connectivity index is 2.04. The smallest absolute Gasteiger partial charge is 0.497 e. The van der Waals surface area contributed by atoms with Crippen molar-refractivity contribution in [3.8, 4) is 17.2 Å². The Hall–Kier alpha value is -3.16. The van der Waals surface area contributed by atoms with Crippen LogP contribution in [0.4, 0.5) is 13.2 Å². The number of fused-ring (bicyclic) bond motifs is 1. The Kier molecular flexibility index (Phi) is 5.72. The average Bonchev–Trinajstić information content (AvgIpc) is 2.99. The van der Waals surface area contributed by atoms with Crippen LogP contribution in [0.25, 0.3) is 10.9 Å². The summed E-state index contributed by atoms with van der Waals surface area (Å²) < 4.78 is 52.3. The lowest BCUT2D eigenvalue weighted by atomic mass is 9.99. The lowest BCUT2D eigenvalue weighted by Crippen LogP contribution is -2.17. The number of aryl methyl sites for hydroxylation is 1. The number of halogens is 3. The molecule has 0 bridgehead atoms. The number of ketones is 1. The van der Waals surface area contributed by atoms with E-state index < -0.39 is 6.36 Å². The van der Waals surface area contributed by atoms with Gasteiger partial charge in [-0.25, -0.2) is 0 Å². The zero-order chi connectivity index (χ0) is 21.2. The van der Waals surface area contributed by atoms with Crippen molar-refractivity contribution in [3.63, 3.8) is 0 Å². The molecule has 29 heavy (non-hydrogen) atoms. The summed E-state index contributed by atoms with van der Waals surface area (Å²) in [6.07, 6.45) is -4.03. The first kappa shape index (κ1) is 20.6. The van der Waals surface area contributed by atoms with Crippen LogP contribution in [0.5, 0.6) is 17.2 Å². The minimum absolute atomic E-state index is 0.299. The Morgan fingerprint density at radius 3 is 2.48 bits per heavy atom. The fourth-order valence-electron chi connectivity index (χ4n) is 3.08. The van der Waals surface area contributed by atoms with Crippen LogP contribution in [0.2, 0.25) is 0 Å². The van der Waals surface area contributed by atoms with E-state index in [0.717, 1.165) is 6.42 Å². The van der Waals surface area contributed by atoms with E-state index >= 15 is 0 Å². The van der Waals surface area contributed by atoms with Crippen molar-refractivity contribution in [2.75, 3.05) is 13.7 Å². The van der Waals surface area contributed by atoms with Gasteiger partial charge in [0.15, 0.2) is 5.78 Å². The summed E-state index contributed by atoms with van der Waals surface area (Å²) in [5, 5.41) is 0.499. The molecule has 5 nitrogen and oxygen atoms in total. The quantitative estimate of drug-likeness (QED) is 0.533. The SMILES string of the molecule is CCCOc1cc(OC)ccc1C(=O)c1c(C)[nH]c2cc(OC(F)(F)F)ccc12. The molecular weight excluding hydrogens is 387 g/mol. The number of rotatable bonds is 7. The van der Waals surface area contributed by atoms with Crippen molar-refractivity contribution in [1.82, 2.24) is 4.98 Å². The summed E-state index contributed by atoms with van der Waals surface area (Å²) in [5.74, 6) is 0.285. The molecule has 1 aromatic heterocycles. The number of aromatic amines is 1. The zero-order valence-electron chi connectivity index (χ0n) is 16.1. The maximum absolute atomic E-state index is 13.3. The van der Waals surface area contributed by atoms with Crippen LogP contribution >= 0.6 is 0 Å². The second-order valence-corrected chi connectivity index (χ2v) is 6.42. The molecule has 0 spiro atoms. The number of methoxy groups -OCH3 is 1. The molecular formula is C21H20F3NO4. The Morgan fingerprint density at radius 2 is 1.83 bits per heavy atom. The summed E-state index contributed by atoms with van der Waals surface area (Å²) in [5.41, 5.74) is 1.62. The highest BCUT2D eigenvalue weighted by Crippen LogP contribution is 2.33. The van der Waals surface area contributed by atoms with E-state index in [0.29, 0.717) is 45.8 Å². The van der Waals surface area contributed by atoms with Crippen LogP contribution < -0.4 is 14.2 Å². The predicted octanol–water partition coefficient (Wildman–Crippen LogP) is 5.40. The first-order valence-corrected chi connectivity index (χ1v) is 8.97. The van der Waals surface area contributed by atoms with Crippen LogP contribution in [-0.2, 0) is 0 Å². The Labute approximate surface area is 165 Å². The highest BCUT2D eigenvalue weighted by molar-refractivity contribution is 6.18. The molecule has 0 amide bonds. The number of nitrogens with one attached hydrogen (secondary N) is 1. The Bertz CT molecular complexity index is 1040. The van der Waals surface area contributed by atoms with Crippen molar-refractivity contribution >= 4 is 16.7 Å². The highest BCUT2D eigenvalue weighted by Gasteiger charge is 2.31. The van der Waals surface area contributed by atoms with E-state index in [1.807, 2.05) is 6.92 Å². The van der Waals surface area contributed by atoms with Gasteiger partial charge in [-0.15, -0.1) is 13.2 Å². The molecule has 1 heterocycles. The largest absolute Gasteiger partial charge is 0.573 e. The lowest BCUT2D eigenvalue weighted by molar-refractivity contribution is -0.274. The maximum atomic E-state index is 13.3. The molecule has 2 aromatic carbocycles. The van der Waals surface area contributed by atoms with Crippen LogP contribution in [0, 0.1) is 6.92 Å². The van der Waals surface area contributed by atoms with Gasteiger partial charge in [-0.2, -0.15) is 0 Å². The van der Waals surface area contributed by atoms with Gasteiger partial charge in [0.05, 0.1) is 30.4 Å². The number of aromatic nitrogens is 1. The van der Waals surface area contributed by atoms with E-state index in [-0.39, 0.29) is 11.5 Å². The van der Waals surface area contributed by atoms with E-state index in [1.165, 1.54) is 25.3 Å². The van der Waals surface area contributed by atoms with Crippen LogP contribution in [0.1, 0.15) is 35.0 Å². The van der Waals surface area contributed by atoms with Gasteiger partial charge in [-0.05, 0) is 37.6 Å². The number of hydrogen-bond acceptors (Lipinski definition) is 4. The third kappa shape index (κ3) is 4.47. The monoisotopic (exact) mass is 407 g/mol. The first-order chi connectivity index (χ1) is 13.7. The number of hydrogen-bond donors (Lipinski definition) is 1. The fraction of sp³-hybridized carbons (Fsp3) is 0.286. The Morgan fingerprint density at radius 1 is 1.10 bits per heavy atom. The minimum atomic E-state index is -4.79. The highest BCUT2D eigenvalue weighted by atomic mass is 19.4. The van der Waals surface area contributed by atoms with Gasteiger partial charge in [0, 0.05) is 23.2 Å². The van der Waals surface area contributed by atoms with E-state index in [1.54, 1.807) is 25.1 Å². The molecule has 0 radical (unpaired) electrons. The second-order valence-electron chi connectivity index (χ2n) is 6.42. The molecule has 0 unspecified atom stereocenters. The predicted molar refractivity (Wildman–Crippen MR) is 102 cm³/mol. The third-order valence-electron chi connectivity index (χ3n) is 4.31. The van der Waals surface area contributed by atoms with Crippen molar-refractivity contribution in [1.29, 1.82) is 0 Å². The third-order valence-corrected chi connectivity index (χ3v) is 4.31. The first-order valence-electron chi connectivity index (χ1n) is 8.97. The number of benzene rings is 2. The molecule has 8 heteroatoms. The standard InChI is InChI=1S/C21H20F3NO4/c1-4-9-28-18-11-13(27-3)5-8-16(18)20(26)19-12(2)25-17-10-14(6-7-15(17)19)29-21(22,23)24/h5-8,10-11,25H,4,9H2,1-3H3. The molecule has 154 valence electrons. The molecule has 0 saturated carbocycles. The topological polar surface area (TPSA) is 60.5 Å². The summed E-state index contributed by atoms with van der Waals surface area (Å²) >= 11 is 0. The summed E-state index contributed by atoms with van der Waals surface area (Å²) in [6, 6.07) is 8.75. The summed E-state index contributed by atoms with van der Waals surface area (Å²) in [4.78, 5) is 16.2. The van der Waals surface area contributed by atoms with Gasteiger partial charge < -0.3 is 19.2 Å². The summed E-state index contributed by atoms with van der Waals surface area (Å²) in [6.45, 7) is 4.07. The lowest BCUT2D eigenvalue weighted by Gasteiger charge is -2.12. The maximum Gasteiger partial charge on any atom is 0.573 e. The molecule has 3 rings (SSSR count). The minimum Gasteiger partial charge on any atom is -0.497 e. The van der Waals surface area contributed by atoms with Gasteiger partial charge in [0.25, 0.3) is 0 Å². The number of ether oxygens (including phenoxy) is 3. The van der Waals surface area contributed by atoms with Gasteiger partial charge in [-0.1, -0.05) is 6.92 Å². The average molecular weight is 407 g/mol. The molecule has 3 aromatic rings. The number of carbonyl (C=O) groups is 1. The second kappa shape index (κ2) is 8.06.